The van der Waals surface area contributed by atoms with Crippen molar-refractivity contribution in [2.24, 2.45) is 5.92 Å². The Morgan fingerprint density at radius 2 is 2.24 bits per heavy atom. The molecule has 0 aliphatic carbocycles. The number of benzene rings is 1. The molecule has 1 atom stereocenters. The molecule has 1 amide bonds. The standard InChI is InChI=1S/C18H25N5O2/c1-13-5-7-23(8-6-13)11-16(24)10-19-18(25)15-4-2-3-14(9-15)17-20-12-21-22-17/h2-4,9,12-13,16,24H,5-8,10-11H2,1H3,(H,19,25)(H,20,21,22). The van der Waals surface area contributed by atoms with Crippen molar-refractivity contribution in [1.29, 1.82) is 0 Å². The number of aliphatic hydroxyl groups is 1. The highest BCUT2D eigenvalue weighted by Crippen LogP contribution is 2.16. The van der Waals surface area contributed by atoms with E-state index < -0.39 is 6.10 Å². The van der Waals surface area contributed by atoms with Crippen molar-refractivity contribution in [3.63, 3.8) is 0 Å². The Morgan fingerprint density at radius 1 is 1.44 bits per heavy atom. The SMILES string of the molecule is CC1CCN(CC(O)CNC(=O)c2cccc(-c3ncn[nH]3)c2)CC1. The van der Waals surface area contributed by atoms with E-state index in [0.717, 1.165) is 24.6 Å². The maximum atomic E-state index is 12.3. The van der Waals surface area contributed by atoms with Crippen LogP contribution >= 0.6 is 0 Å². The summed E-state index contributed by atoms with van der Waals surface area (Å²) in [5, 5.41) is 19.6. The Balaban J connectivity index is 1.50. The number of H-pyrrole nitrogens is 1. The van der Waals surface area contributed by atoms with Gasteiger partial charge in [-0.05, 0) is 44.0 Å². The average Bonchev–Trinajstić information content (AvgIpc) is 3.16. The van der Waals surface area contributed by atoms with Crippen LogP contribution in [0.2, 0.25) is 0 Å². The Kier molecular flexibility index (Phi) is 5.78. The van der Waals surface area contributed by atoms with Gasteiger partial charge in [0, 0.05) is 24.2 Å². The van der Waals surface area contributed by atoms with Gasteiger partial charge >= 0.3 is 0 Å². The number of hydrogen-bond acceptors (Lipinski definition) is 5. The van der Waals surface area contributed by atoms with Crippen molar-refractivity contribution in [1.82, 2.24) is 25.4 Å². The predicted octanol–water partition coefficient (Wildman–Crippen LogP) is 1.29. The molecular weight excluding hydrogens is 318 g/mol. The number of piperidine rings is 1. The minimum absolute atomic E-state index is 0.201. The van der Waals surface area contributed by atoms with Crippen LogP contribution in [0.3, 0.4) is 0 Å². The normalized spacial score (nSPS) is 17.4. The highest BCUT2D eigenvalue weighted by Gasteiger charge is 2.19. The molecule has 2 aromatic rings. The third kappa shape index (κ3) is 4.87. The lowest BCUT2D eigenvalue weighted by molar-refractivity contribution is 0.0795. The van der Waals surface area contributed by atoms with Gasteiger partial charge in [-0.3, -0.25) is 9.89 Å². The summed E-state index contributed by atoms with van der Waals surface area (Å²) in [7, 11) is 0. The second-order valence-corrected chi connectivity index (χ2v) is 6.76. The monoisotopic (exact) mass is 343 g/mol. The van der Waals surface area contributed by atoms with Gasteiger partial charge in [0.2, 0.25) is 0 Å². The van der Waals surface area contributed by atoms with Crippen molar-refractivity contribution < 1.29 is 9.90 Å². The molecule has 134 valence electrons. The molecule has 1 aromatic carbocycles. The fourth-order valence-electron chi connectivity index (χ4n) is 3.07. The molecule has 0 radical (unpaired) electrons. The number of aromatic nitrogens is 3. The zero-order valence-electron chi connectivity index (χ0n) is 14.5. The summed E-state index contributed by atoms with van der Waals surface area (Å²) < 4.78 is 0. The number of rotatable bonds is 6. The molecule has 1 aliphatic heterocycles. The maximum absolute atomic E-state index is 12.3. The predicted molar refractivity (Wildman–Crippen MR) is 95.0 cm³/mol. The zero-order chi connectivity index (χ0) is 17.6. The van der Waals surface area contributed by atoms with Crippen LogP contribution in [0.15, 0.2) is 30.6 Å². The molecule has 7 nitrogen and oxygen atoms in total. The largest absolute Gasteiger partial charge is 0.390 e. The number of carbonyl (C=O) groups excluding carboxylic acids is 1. The van der Waals surface area contributed by atoms with E-state index in [2.05, 4.69) is 32.3 Å². The lowest BCUT2D eigenvalue weighted by Gasteiger charge is -2.31. The summed E-state index contributed by atoms with van der Waals surface area (Å²) in [4.78, 5) is 18.7. The number of aromatic amines is 1. The molecule has 25 heavy (non-hydrogen) atoms. The van der Waals surface area contributed by atoms with Gasteiger partial charge in [0.15, 0.2) is 5.82 Å². The molecule has 1 unspecified atom stereocenters. The van der Waals surface area contributed by atoms with Crippen molar-refractivity contribution >= 4 is 5.91 Å². The zero-order valence-corrected chi connectivity index (χ0v) is 14.5. The Morgan fingerprint density at radius 3 is 2.96 bits per heavy atom. The third-order valence-electron chi connectivity index (χ3n) is 4.66. The van der Waals surface area contributed by atoms with Crippen molar-refractivity contribution in [3.8, 4) is 11.4 Å². The van der Waals surface area contributed by atoms with Crippen LogP contribution in [0.5, 0.6) is 0 Å². The number of nitrogens with one attached hydrogen (secondary N) is 2. The first-order valence-corrected chi connectivity index (χ1v) is 8.76. The number of likely N-dealkylation sites (tertiary alicyclic amines) is 1. The van der Waals surface area contributed by atoms with Crippen molar-refractivity contribution in [2.45, 2.75) is 25.9 Å². The van der Waals surface area contributed by atoms with E-state index in [1.54, 1.807) is 18.2 Å². The number of carbonyl (C=O) groups is 1. The smallest absolute Gasteiger partial charge is 0.251 e. The fourth-order valence-corrected chi connectivity index (χ4v) is 3.07. The third-order valence-corrected chi connectivity index (χ3v) is 4.66. The van der Waals surface area contributed by atoms with Crippen LogP contribution in [0, 0.1) is 5.92 Å². The van der Waals surface area contributed by atoms with E-state index in [1.807, 2.05) is 6.07 Å². The minimum Gasteiger partial charge on any atom is -0.390 e. The molecule has 0 bridgehead atoms. The summed E-state index contributed by atoms with van der Waals surface area (Å²) in [5.41, 5.74) is 1.33. The first-order valence-electron chi connectivity index (χ1n) is 8.76. The minimum atomic E-state index is -0.560. The fraction of sp³-hybridized carbons (Fsp3) is 0.500. The van der Waals surface area contributed by atoms with Gasteiger partial charge in [-0.1, -0.05) is 19.1 Å². The average molecular weight is 343 g/mol. The highest BCUT2D eigenvalue weighted by molar-refractivity contribution is 5.95. The van der Waals surface area contributed by atoms with E-state index in [0.29, 0.717) is 17.9 Å². The van der Waals surface area contributed by atoms with Crippen LogP contribution < -0.4 is 5.32 Å². The molecule has 1 fully saturated rings. The van der Waals surface area contributed by atoms with Crippen LogP contribution in [-0.2, 0) is 0 Å². The summed E-state index contributed by atoms with van der Waals surface area (Å²) in [6, 6.07) is 7.17. The topological polar surface area (TPSA) is 94.1 Å². The van der Waals surface area contributed by atoms with E-state index in [-0.39, 0.29) is 12.5 Å². The number of hydrogen-bond donors (Lipinski definition) is 3. The van der Waals surface area contributed by atoms with E-state index in [9.17, 15) is 9.90 Å². The Hall–Kier alpha value is -2.25. The van der Waals surface area contributed by atoms with Gasteiger partial charge in [0.25, 0.3) is 5.91 Å². The van der Waals surface area contributed by atoms with Crippen molar-refractivity contribution in [3.05, 3.63) is 36.2 Å². The summed E-state index contributed by atoms with van der Waals surface area (Å²) >= 11 is 0. The summed E-state index contributed by atoms with van der Waals surface area (Å²) in [6.07, 6.45) is 3.22. The number of nitrogens with zero attached hydrogens (tertiary/aromatic N) is 3. The van der Waals surface area contributed by atoms with Gasteiger partial charge in [-0.25, -0.2) is 4.98 Å². The first kappa shape index (κ1) is 17.6. The van der Waals surface area contributed by atoms with E-state index in [4.69, 9.17) is 0 Å². The van der Waals surface area contributed by atoms with E-state index in [1.165, 1.54) is 19.2 Å². The molecule has 2 heterocycles. The Bertz CT molecular complexity index is 681. The van der Waals surface area contributed by atoms with Crippen molar-refractivity contribution in [2.75, 3.05) is 26.2 Å². The maximum Gasteiger partial charge on any atom is 0.251 e. The number of β-amino-alcohol motifs (C(OH)–C–C–N with tert-alkyl or cyclic N) is 1. The van der Waals surface area contributed by atoms with Gasteiger partial charge in [-0.15, -0.1) is 0 Å². The van der Waals surface area contributed by atoms with Gasteiger partial charge in [0.1, 0.15) is 6.33 Å². The molecule has 1 aromatic heterocycles. The summed E-state index contributed by atoms with van der Waals surface area (Å²) in [6.45, 7) is 5.15. The summed E-state index contributed by atoms with van der Waals surface area (Å²) in [5.74, 6) is 1.19. The van der Waals surface area contributed by atoms with Gasteiger partial charge in [0.05, 0.1) is 6.10 Å². The van der Waals surface area contributed by atoms with Gasteiger partial charge < -0.3 is 15.3 Å². The second kappa shape index (κ2) is 8.22. The quantitative estimate of drug-likeness (QED) is 0.735. The molecular formula is C18H25N5O2. The lowest BCUT2D eigenvalue weighted by atomic mass is 9.99. The lowest BCUT2D eigenvalue weighted by Crippen LogP contribution is -2.43. The molecule has 1 aliphatic rings. The van der Waals surface area contributed by atoms with Crippen LogP contribution in [0.4, 0.5) is 0 Å². The van der Waals surface area contributed by atoms with Crippen LogP contribution in [0.1, 0.15) is 30.1 Å². The number of aliphatic hydroxyl groups excluding tert-OH is 1. The molecule has 3 rings (SSSR count). The highest BCUT2D eigenvalue weighted by atomic mass is 16.3. The molecule has 0 saturated carbocycles. The van der Waals surface area contributed by atoms with Gasteiger partial charge in [-0.2, -0.15) is 5.10 Å². The second-order valence-electron chi connectivity index (χ2n) is 6.76. The molecule has 7 heteroatoms. The molecule has 3 N–H and O–H groups in total. The number of amides is 1. The van der Waals surface area contributed by atoms with Crippen LogP contribution in [-0.4, -0.2) is 63.4 Å². The van der Waals surface area contributed by atoms with E-state index >= 15 is 0 Å². The van der Waals surface area contributed by atoms with Crippen LogP contribution in [0.25, 0.3) is 11.4 Å². The molecule has 1 saturated heterocycles. The molecule has 0 spiro atoms. The first-order chi connectivity index (χ1) is 12.1. The Labute approximate surface area is 147 Å².